The molecule has 2 nitrogen and oxygen atoms in total. The first-order valence-electron chi connectivity index (χ1n) is 9.25. The molecule has 27 heavy (non-hydrogen) atoms. The summed E-state index contributed by atoms with van der Waals surface area (Å²) in [5, 5.41) is 5.50. The summed E-state index contributed by atoms with van der Waals surface area (Å²) in [4.78, 5) is 0. The van der Waals surface area contributed by atoms with Gasteiger partial charge in [-0.2, -0.15) is 0 Å². The van der Waals surface area contributed by atoms with E-state index in [1.54, 1.807) is 0 Å². The molecule has 3 aromatic carbocycles. The minimum Gasteiger partial charge on any atom is -0.356 e. The predicted molar refractivity (Wildman–Crippen MR) is 113 cm³/mol. The molecular weight excluding hydrogens is 330 g/mol. The molecule has 0 saturated heterocycles. The highest BCUT2D eigenvalue weighted by Crippen LogP contribution is 2.34. The van der Waals surface area contributed by atoms with Crippen LogP contribution in [0, 0.1) is 0 Å². The molecule has 1 aromatic heterocycles. The van der Waals surface area contributed by atoms with Gasteiger partial charge in [-0.25, -0.2) is 0 Å². The van der Waals surface area contributed by atoms with Gasteiger partial charge in [0.25, 0.3) is 0 Å². The fourth-order valence-electron chi connectivity index (χ4n) is 3.44. The van der Waals surface area contributed by atoms with Crippen molar-refractivity contribution in [2.24, 2.45) is 0 Å². The van der Waals surface area contributed by atoms with Crippen molar-refractivity contribution in [3.63, 3.8) is 0 Å². The third-order valence-electron chi connectivity index (χ3n) is 4.78. The zero-order valence-corrected chi connectivity index (χ0v) is 15.9. The molecule has 0 saturated carbocycles. The van der Waals surface area contributed by atoms with Crippen molar-refractivity contribution in [3.05, 3.63) is 101 Å². The fourth-order valence-corrected chi connectivity index (χ4v) is 3.44. The standard InChI is InChI=1S/C25H23NO/c1-25(2,3)21-15-10-16-23-24(21)22(26-27-23)17-20(18-11-6-4-7-12-18)19-13-8-5-9-14-19/h4-17H,1-3H3. The van der Waals surface area contributed by atoms with Gasteiger partial charge in [0.1, 0.15) is 5.69 Å². The Hall–Kier alpha value is -3.13. The Bertz CT molecular complexity index is 1040. The molecule has 0 atom stereocenters. The van der Waals surface area contributed by atoms with Gasteiger partial charge in [-0.05, 0) is 39.8 Å². The SMILES string of the molecule is CC(C)(C)c1cccc2onc(C=C(c3ccccc3)c3ccccc3)c12. The Balaban J connectivity index is 1.97. The average Bonchev–Trinajstić information content (AvgIpc) is 3.09. The second-order valence-electron chi connectivity index (χ2n) is 7.79. The lowest BCUT2D eigenvalue weighted by molar-refractivity contribution is 0.454. The van der Waals surface area contributed by atoms with Crippen molar-refractivity contribution in [1.29, 1.82) is 0 Å². The lowest BCUT2D eigenvalue weighted by atomic mass is 9.84. The Morgan fingerprint density at radius 1 is 0.778 bits per heavy atom. The van der Waals surface area contributed by atoms with Gasteiger partial charge in [-0.15, -0.1) is 0 Å². The van der Waals surface area contributed by atoms with E-state index in [9.17, 15) is 0 Å². The molecular formula is C25H23NO. The van der Waals surface area contributed by atoms with E-state index in [2.05, 4.69) is 86.6 Å². The summed E-state index contributed by atoms with van der Waals surface area (Å²) >= 11 is 0. The molecule has 0 unspecified atom stereocenters. The zero-order valence-electron chi connectivity index (χ0n) is 15.9. The van der Waals surface area contributed by atoms with Crippen LogP contribution in [0.15, 0.2) is 83.4 Å². The van der Waals surface area contributed by atoms with E-state index >= 15 is 0 Å². The number of rotatable bonds is 3. The van der Waals surface area contributed by atoms with Gasteiger partial charge in [-0.1, -0.05) is 98.7 Å². The molecule has 4 aromatic rings. The minimum absolute atomic E-state index is 0.00725. The Morgan fingerprint density at radius 3 is 1.93 bits per heavy atom. The Labute approximate surface area is 160 Å². The third kappa shape index (κ3) is 3.43. The predicted octanol–water partition coefficient (Wildman–Crippen LogP) is 6.71. The number of fused-ring (bicyclic) bond motifs is 1. The highest BCUT2D eigenvalue weighted by Gasteiger charge is 2.21. The van der Waals surface area contributed by atoms with Crippen molar-refractivity contribution < 1.29 is 4.52 Å². The number of nitrogens with zero attached hydrogens (tertiary/aromatic N) is 1. The second kappa shape index (κ2) is 6.88. The molecule has 0 spiro atoms. The van der Waals surface area contributed by atoms with Crippen LogP contribution in [0.2, 0.25) is 0 Å². The molecule has 0 N–H and O–H groups in total. The summed E-state index contributed by atoms with van der Waals surface area (Å²) < 4.78 is 5.66. The Kier molecular flexibility index (Phi) is 4.41. The fraction of sp³-hybridized carbons (Fsp3) is 0.160. The van der Waals surface area contributed by atoms with Crippen LogP contribution in [0.25, 0.3) is 22.6 Å². The van der Waals surface area contributed by atoms with Crippen LogP contribution in [0.5, 0.6) is 0 Å². The van der Waals surface area contributed by atoms with Crippen LogP contribution in [-0.4, -0.2) is 5.16 Å². The first-order valence-corrected chi connectivity index (χ1v) is 9.25. The molecule has 134 valence electrons. The zero-order chi connectivity index (χ0) is 18.9. The van der Waals surface area contributed by atoms with Gasteiger partial charge in [0.2, 0.25) is 0 Å². The smallest absolute Gasteiger partial charge is 0.167 e. The molecule has 0 aliphatic heterocycles. The molecule has 0 aliphatic carbocycles. The van der Waals surface area contributed by atoms with Crippen LogP contribution in [-0.2, 0) is 5.41 Å². The van der Waals surface area contributed by atoms with Crippen molar-refractivity contribution in [2.75, 3.05) is 0 Å². The third-order valence-corrected chi connectivity index (χ3v) is 4.78. The highest BCUT2D eigenvalue weighted by molar-refractivity contribution is 5.98. The van der Waals surface area contributed by atoms with E-state index in [1.807, 2.05) is 24.3 Å². The first kappa shape index (κ1) is 17.3. The van der Waals surface area contributed by atoms with Gasteiger partial charge in [-0.3, -0.25) is 0 Å². The van der Waals surface area contributed by atoms with E-state index in [1.165, 1.54) is 5.56 Å². The molecule has 0 amide bonds. The molecule has 0 fully saturated rings. The van der Waals surface area contributed by atoms with E-state index in [0.717, 1.165) is 33.4 Å². The van der Waals surface area contributed by atoms with Crippen LogP contribution >= 0.6 is 0 Å². The minimum atomic E-state index is 0.00725. The monoisotopic (exact) mass is 353 g/mol. The van der Waals surface area contributed by atoms with Gasteiger partial charge in [0.15, 0.2) is 5.58 Å². The first-order chi connectivity index (χ1) is 13.0. The quantitative estimate of drug-likeness (QED) is 0.409. The van der Waals surface area contributed by atoms with E-state index in [0.29, 0.717) is 0 Å². The summed E-state index contributed by atoms with van der Waals surface area (Å²) in [5.41, 5.74) is 6.41. The number of aromatic nitrogens is 1. The van der Waals surface area contributed by atoms with Gasteiger partial charge < -0.3 is 4.52 Å². The van der Waals surface area contributed by atoms with Crippen molar-refractivity contribution >= 4 is 22.6 Å². The summed E-state index contributed by atoms with van der Waals surface area (Å²) in [7, 11) is 0. The van der Waals surface area contributed by atoms with Crippen LogP contribution in [0.4, 0.5) is 0 Å². The van der Waals surface area contributed by atoms with Crippen LogP contribution in [0.1, 0.15) is 43.2 Å². The maximum atomic E-state index is 5.66. The number of hydrogen-bond acceptors (Lipinski definition) is 2. The van der Waals surface area contributed by atoms with Crippen molar-refractivity contribution in [1.82, 2.24) is 5.16 Å². The van der Waals surface area contributed by atoms with Gasteiger partial charge >= 0.3 is 0 Å². The molecule has 1 heterocycles. The largest absolute Gasteiger partial charge is 0.356 e. The lowest BCUT2D eigenvalue weighted by Gasteiger charge is -2.20. The Morgan fingerprint density at radius 2 is 1.37 bits per heavy atom. The summed E-state index contributed by atoms with van der Waals surface area (Å²) in [6.07, 6.45) is 2.14. The molecule has 4 rings (SSSR count). The normalized spacial score (nSPS) is 11.5. The summed E-state index contributed by atoms with van der Waals surface area (Å²) in [6, 6.07) is 27.0. The highest BCUT2D eigenvalue weighted by atomic mass is 16.5. The van der Waals surface area contributed by atoms with Gasteiger partial charge in [0, 0.05) is 0 Å². The second-order valence-corrected chi connectivity index (χ2v) is 7.79. The van der Waals surface area contributed by atoms with E-state index in [4.69, 9.17) is 4.52 Å². The van der Waals surface area contributed by atoms with Crippen molar-refractivity contribution in [3.8, 4) is 0 Å². The summed E-state index contributed by atoms with van der Waals surface area (Å²) in [6.45, 7) is 6.66. The van der Waals surface area contributed by atoms with Crippen LogP contribution < -0.4 is 0 Å². The molecule has 0 aliphatic rings. The van der Waals surface area contributed by atoms with E-state index in [-0.39, 0.29) is 5.41 Å². The number of benzene rings is 3. The summed E-state index contributed by atoms with van der Waals surface area (Å²) in [5.74, 6) is 0. The average molecular weight is 353 g/mol. The maximum absolute atomic E-state index is 5.66. The topological polar surface area (TPSA) is 26.0 Å². The number of hydrogen-bond donors (Lipinski definition) is 0. The maximum Gasteiger partial charge on any atom is 0.167 e. The molecule has 2 heteroatoms. The van der Waals surface area contributed by atoms with Crippen molar-refractivity contribution in [2.45, 2.75) is 26.2 Å². The van der Waals surface area contributed by atoms with Crippen LogP contribution in [0.3, 0.4) is 0 Å². The van der Waals surface area contributed by atoms with Gasteiger partial charge in [0.05, 0.1) is 5.39 Å². The molecule has 0 bridgehead atoms. The lowest BCUT2D eigenvalue weighted by Crippen LogP contribution is -2.11. The molecule has 0 radical (unpaired) electrons. The van der Waals surface area contributed by atoms with E-state index < -0.39 is 0 Å².